The third-order valence-electron chi connectivity index (χ3n) is 2.33. The lowest BCUT2D eigenvalue weighted by Gasteiger charge is -2.16. The lowest BCUT2D eigenvalue weighted by molar-refractivity contribution is 0.737. The lowest BCUT2D eigenvalue weighted by Crippen LogP contribution is -2.31. The van der Waals surface area contributed by atoms with E-state index in [1.54, 1.807) is 6.07 Å². The van der Waals surface area contributed by atoms with Gasteiger partial charge in [0.2, 0.25) is 0 Å². The molecule has 0 spiro atoms. The Hall–Kier alpha value is -0.770. The maximum Gasteiger partial charge on any atom is 0.0828 e. The number of nitrogens with one attached hydrogen (secondary N) is 1. The van der Waals surface area contributed by atoms with E-state index in [9.17, 15) is 0 Å². The molecule has 3 N–H and O–H groups in total. The summed E-state index contributed by atoms with van der Waals surface area (Å²) in [6.07, 6.45) is 0. The zero-order valence-corrected chi connectivity index (χ0v) is 9.57. The van der Waals surface area contributed by atoms with Crippen LogP contribution in [0, 0.1) is 0 Å². The minimum Gasteiger partial charge on any atom is -0.397 e. The van der Waals surface area contributed by atoms with Crippen molar-refractivity contribution in [2.45, 2.75) is 0 Å². The van der Waals surface area contributed by atoms with Gasteiger partial charge in [-0.15, -0.1) is 0 Å². The average molecular weight is 244 g/mol. The Balaban J connectivity index is 2.44. The molecular weight excluding hydrogens is 233 g/mol. The van der Waals surface area contributed by atoms with Crippen LogP contribution in [0.15, 0.2) is 17.1 Å². The molecule has 5 heteroatoms. The Morgan fingerprint density at radius 2 is 2.13 bits per heavy atom. The number of rotatable bonds is 1. The maximum atomic E-state index is 5.97. The summed E-state index contributed by atoms with van der Waals surface area (Å²) in [5, 5.41) is 4.11. The molecule has 0 saturated heterocycles. The summed E-state index contributed by atoms with van der Waals surface area (Å²) in [4.78, 5) is 4.40. The highest BCUT2D eigenvalue weighted by atomic mass is 35.5. The molecule has 1 aromatic carbocycles. The van der Waals surface area contributed by atoms with Crippen LogP contribution in [0.5, 0.6) is 0 Å². The van der Waals surface area contributed by atoms with Gasteiger partial charge in [0.05, 0.1) is 28.0 Å². The zero-order chi connectivity index (χ0) is 10.8. The second-order valence-electron chi connectivity index (χ2n) is 3.33. The Morgan fingerprint density at radius 3 is 2.80 bits per heavy atom. The van der Waals surface area contributed by atoms with Gasteiger partial charge < -0.3 is 11.1 Å². The van der Waals surface area contributed by atoms with E-state index in [0.717, 1.165) is 30.9 Å². The van der Waals surface area contributed by atoms with Crippen LogP contribution in [-0.4, -0.2) is 25.3 Å². The fourth-order valence-electron chi connectivity index (χ4n) is 1.53. The minimum absolute atomic E-state index is 0.405. The summed E-state index contributed by atoms with van der Waals surface area (Å²) >= 11 is 11.8. The number of aliphatic imine (C=N–C) groups is 1. The van der Waals surface area contributed by atoms with Crippen molar-refractivity contribution in [2.75, 3.05) is 25.4 Å². The standard InChI is InChI=1S/C10H11Cl2N3/c11-7-2-1-6(10(13)9(7)12)8-5-14-3-4-15-8/h1-2,14H,3-5,13H2. The van der Waals surface area contributed by atoms with E-state index < -0.39 is 0 Å². The second kappa shape index (κ2) is 4.39. The van der Waals surface area contributed by atoms with Gasteiger partial charge in [0, 0.05) is 18.7 Å². The van der Waals surface area contributed by atoms with Gasteiger partial charge >= 0.3 is 0 Å². The van der Waals surface area contributed by atoms with Crippen molar-refractivity contribution in [3.8, 4) is 0 Å². The Kier molecular flexibility index (Phi) is 3.14. The Bertz CT molecular complexity index is 415. The highest BCUT2D eigenvalue weighted by Gasteiger charge is 2.13. The van der Waals surface area contributed by atoms with E-state index in [-0.39, 0.29) is 0 Å². The van der Waals surface area contributed by atoms with Crippen molar-refractivity contribution in [1.29, 1.82) is 0 Å². The molecule has 1 heterocycles. The van der Waals surface area contributed by atoms with Crippen LogP contribution in [0.3, 0.4) is 0 Å². The summed E-state index contributed by atoms with van der Waals surface area (Å²) in [6, 6.07) is 3.60. The van der Waals surface area contributed by atoms with Crippen molar-refractivity contribution in [3.63, 3.8) is 0 Å². The first-order chi connectivity index (χ1) is 7.20. The number of anilines is 1. The number of hydrogen-bond donors (Lipinski definition) is 2. The number of nitrogen functional groups attached to an aromatic ring is 1. The normalized spacial score (nSPS) is 16.3. The zero-order valence-electron chi connectivity index (χ0n) is 8.06. The highest BCUT2D eigenvalue weighted by molar-refractivity contribution is 6.44. The van der Waals surface area contributed by atoms with Crippen molar-refractivity contribution < 1.29 is 0 Å². The largest absolute Gasteiger partial charge is 0.397 e. The fraction of sp³-hybridized carbons (Fsp3) is 0.300. The average Bonchev–Trinajstić information content (AvgIpc) is 2.27. The molecule has 0 radical (unpaired) electrons. The molecule has 0 amide bonds. The van der Waals surface area contributed by atoms with Gasteiger partial charge in [-0.25, -0.2) is 0 Å². The Labute approximate surface area is 98.3 Å². The van der Waals surface area contributed by atoms with Gasteiger partial charge in [0.1, 0.15) is 0 Å². The first-order valence-corrected chi connectivity index (χ1v) is 5.43. The van der Waals surface area contributed by atoms with Crippen molar-refractivity contribution >= 4 is 34.6 Å². The van der Waals surface area contributed by atoms with E-state index in [1.165, 1.54) is 0 Å². The fourth-order valence-corrected chi connectivity index (χ4v) is 1.86. The molecule has 2 rings (SSSR count). The minimum atomic E-state index is 0.405. The summed E-state index contributed by atoms with van der Waals surface area (Å²) in [5.41, 5.74) is 8.21. The van der Waals surface area contributed by atoms with Crippen molar-refractivity contribution in [1.82, 2.24) is 5.32 Å². The molecule has 0 saturated carbocycles. The van der Waals surface area contributed by atoms with Crippen LogP contribution in [0.4, 0.5) is 5.69 Å². The monoisotopic (exact) mass is 243 g/mol. The van der Waals surface area contributed by atoms with Gasteiger partial charge in [-0.2, -0.15) is 0 Å². The Morgan fingerprint density at radius 1 is 1.33 bits per heavy atom. The van der Waals surface area contributed by atoms with E-state index in [4.69, 9.17) is 28.9 Å². The second-order valence-corrected chi connectivity index (χ2v) is 4.11. The van der Waals surface area contributed by atoms with Crippen LogP contribution in [0.2, 0.25) is 10.0 Å². The van der Waals surface area contributed by atoms with Crippen LogP contribution in [0.25, 0.3) is 0 Å². The smallest absolute Gasteiger partial charge is 0.0828 e. The quantitative estimate of drug-likeness (QED) is 0.742. The molecule has 15 heavy (non-hydrogen) atoms. The molecule has 0 aromatic heterocycles. The van der Waals surface area contributed by atoms with Gasteiger partial charge in [0.15, 0.2) is 0 Å². The number of halogens is 2. The van der Waals surface area contributed by atoms with Crippen LogP contribution in [-0.2, 0) is 0 Å². The first-order valence-electron chi connectivity index (χ1n) is 4.68. The van der Waals surface area contributed by atoms with E-state index >= 15 is 0 Å². The lowest BCUT2D eigenvalue weighted by atomic mass is 10.1. The molecule has 3 nitrogen and oxygen atoms in total. The maximum absolute atomic E-state index is 5.97. The predicted molar refractivity (Wildman–Crippen MR) is 65.1 cm³/mol. The molecule has 0 bridgehead atoms. The van der Waals surface area contributed by atoms with Gasteiger partial charge in [-0.3, -0.25) is 4.99 Å². The summed E-state index contributed by atoms with van der Waals surface area (Å²) < 4.78 is 0. The van der Waals surface area contributed by atoms with Crippen LogP contribution in [0.1, 0.15) is 5.56 Å². The number of nitrogens with two attached hydrogens (primary N) is 1. The molecule has 0 aliphatic carbocycles. The SMILES string of the molecule is Nc1c(C2=NCCNC2)ccc(Cl)c1Cl. The third-order valence-corrected chi connectivity index (χ3v) is 3.15. The van der Waals surface area contributed by atoms with E-state index in [0.29, 0.717) is 15.7 Å². The third kappa shape index (κ3) is 2.09. The van der Waals surface area contributed by atoms with E-state index in [1.807, 2.05) is 6.07 Å². The molecular formula is C10H11Cl2N3. The van der Waals surface area contributed by atoms with Crippen molar-refractivity contribution in [3.05, 3.63) is 27.7 Å². The summed E-state index contributed by atoms with van der Waals surface area (Å²) in [6.45, 7) is 2.40. The highest BCUT2D eigenvalue weighted by Crippen LogP contribution is 2.31. The molecule has 0 unspecified atom stereocenters. The predicted octanol–water partition coefficient (Wildman–Crippen LogP) is 1.97. The first kappa shape index (κ1) is 10.7. The number of benzene rings is 1. The topological polar surface area (TPSA) is 50.4 Å². The van der Waals surface area contributed by atoms with Gasteiger partial charge in [-0.05, 0) is 12.1 Å². The molecule has 0 fully saturated rings. The van der Waals surface area contributed by atoms with Gasteiger partial charge in [-0.1, -0.05) is 23.2 Å². The summed E-state index contributed by atoms with van der Waals surface area (Å²) in [5.74, 6) is 0. The molecule has 80 valence electrons. The summed E-state index contributed by atoms with van der Waals surface area (Å²) in [7, 11) is 0. The van der Waals surface area contributed by atoms with Gasteiger partial charge in [0.25, 0.3) is 0 Å². The molecule has 0 atom stereocenters. The number of nitrogens with zero attached hydrogens (tertiary/aromatic N) is 1. The van der Waals surface area contributed by atoms with Crippen LogP contribution < -0.4 is 11.1 Å². The van der Waals surface area contributed by atoms with Crippen molar-refractivity contribution in [2.24, 2.45) is 4.99 Å². The van der Waals surface area contributed by atoms with Crippen LogP contribution >= 0.6 is 23.2 Å². The van der Waals surface area contributed by atoms with E-state index in [2.05, 4.69) is 10.3 Å². The number of hydrogen-bond acceptors (Lipinski definition) is 3. The molecule has 1 aliphatic rings. The molecule has 1 aliphatic heterocycles. The molecule has 1 aromatic rings.